The van der Waals surface area contributed by atoms with Crippen molar-refractivity contribution < 1.29 is 17.9 Å². The second-order valence-electron chi connectivity index (χ2n) is 13.1. The van der Waals surface area contributed by atoms with Gasteiger partial charge in [-0.3, -0.25) is 9.48 Å². The first-order valence-corrected chi connectivity index (χ1v) is 16.4. The van der Waals surface area contributed by atoms with Crippen molar-refractivity contribution in [2.75, 3.05) is 18.1 Å². The molecular weight excluding hydrogens is 587 g/mol. The number of anilines is 1. The minimum atomic E-state index is -4.14. The van der Waals surface area contributed by atoms with Gasteiger partial charge in [-0.2, -0.15) is 18.6 Å². The molecule has 3 aliphatic rings. The Morgan fingerprint density at radius 3 is 2.47 bits per heavy atom. The first-order chi connectivity index (χ1) is 19.9. The molecule has 43 heavy (non-hydrogen) atoms. The van der Waals surface area contributed by atoms with E-state index in [1.54, 1.807) is 30.8 Å². The molecule has 3 fully saturated rings. The topological polar surface area (TPSA) is 124 Å². The highest BCUT2D eigenvalue weighted by atomic mass is 32.2. The van der Waals surface area contributed by atoms with Gasteiger partial charge in [-0.1, -0.05) is 26.2 Å². The highest BCUT2D eigenvalue weighted by Gasteiger charge is 2.40. The first kappa shape index (κ1) is 31.4. The fourth-order valence-corrected chi connectivity index (χ4v) is 8.73. The Labute approximate surface area is 260 Å². The van der Waals surface area contributed by atoms with E-state index in [4.69, 9.17) is 9.72 Å². The number of ether oxygens (including phenoxy) is 1. The summed E-state index contributed by atoms with van der Waals surface area (Å²) in [6.45, 7) is 9.36. The lowest BCUT2D eigenvalue weighted by atomic mass is 9.79. The Bertz CT molecular complexity index is 1580. The molecule has 2 saturated carbocycles. The standard InChI is InChI=1S/C30H41N7O4S.H2S/c1-19-15-30(3,4)36(16-19)28-23(29(38)34-42(39,40)25-17-35(5)32-20(25)2)11-12-26(31-28)37-14-13-27(33-37)41-18-24-21-7-6-8-22(24)10-9-21;/h11-14,17,19,21-22,24H,6-10,15-16,18H2,1-5H3,(H,34,38);1H2/t19-,21?,22?,24?;/m0./s1. The van der Waals surface area contributed by atoms with Gasteiger partial charge in [0, 0.05) is 37.6 Å². The third kappa shape index (κ3) is 6.15. The predicted octanol–water partition coefficient (Wildman–Crippen LogP) is 4.37. The zero-order valence-electron chi connectivity index (χ0n) is 25.6. The summed E-state index contributed by atoms with van der Waals surface area (Å²) >= 11 is 0. The maximum absolute atomic E-state index is 13.5. The van der Waals surface area contributed by atoms with Crippen LogP contribution in [0.15, 0.2) is 35.5 Å². The molecule has 0 aromatic carbocycles. The van der Waals surface area contributed by atoms with Crippen molar-refractivity contribution in [3.63, 3.8) is 0 Å². The summed E-state index contributed by atoms with van der Waals surface area (Å²) in [4.78, 5) is 20.5. The van der Waals surface area contributed by atoms with Crippen LogP contribution in [-0.2, 0) is 17.1 Å². The number of nitrogens with one attached hydrogen (secondary N) is 1. The number of fused-ring (bicyclic) bond motifs is 2. The van der Waals surface area contributed by atoms with Gasteiger partial charge < -0.3 is 9.64 Å². The Morgan fingerprint density at radius 2 is 1.84 bits per heavy atom. The summed E-state index contributed by atoms with van der Waals surface area (Å²) in [7, 11) is -2.50. The first-order valence-electron chi connectivity index (χ1n) is 15.0. The van der Waals surface area contributed by atoms with Crippen molar-refractivity contribution in [1.82, 2.24) is 29.3 Å². The normalized spacial score (nSPS) is 24.5. The summed E-state index contributed by atoms with van der Waals surface area (Å²) < 4.78 is 37.7. The lowest BCUT2D eigenvalue weighted by Gasteiger charge is -2.34. The number of rotatable bonds is 8. The molecule has 2 unspecified atom stereocenters. The Kier molecular flexibility index (Phi) is 8.60. The molecular formula is C30H43N7O4S2. The maximum Gasteiger partial charge on any atom is 0.268 e. The van der Waals surface area contributed by atoms with E-state index in [2.05, 4.69) is 40.6 Å². The molecule has 2 bridgehead atoms. The van der Waals surface area contributed by atoms with Gasteiger partial charge >= 0.3 is 0 Å². The van der Waals surface area contributed by atoms with Crippen LogP contribution in [0.2, 0.25) is 0 Å². The molecule has 3 aromatic rings. The van der Waals surface area contributed by atoms with E-state index in [1.807, 2.05) is 12.3 Å². The molecule has 1 N–H and O–H groups in total. The molecule has 4 heterocycles. The van der Waals surface area contributed by atoms with Gasteiger partial charge in [0.15, 0.2) is 5.82 Å². The van der Waals surface area contributed by atoms with Gasteiger partial charge in [0.25, 0.3) is 15.9 Å². The number of hydrogen-bond donors (Lipinski definition) is 1. The smallest absolute Gasteiger partial charge is 0.268 e. The van der Waals surface area contributed by atoms with Crippen LogP contribution in [0.5, 0.6) is 5.88 Å². The number of aromatic nitrogens is 5. The molecule has 1 aliphatic heterocycles. The Hall–Kier alpha value is -3.06. The lowest BCUT2D eigenvalue weighted by Crippen LogP contribution is -2.41. The molecule has 2 aliphatic carbocycles. The number of aryl methyl sites for hydroxylation is 2. The van der Waals surface area contributed by atoms with Crippen molar-refractivity contribution in [1.29, 1.82) is 0 Å². The number of nitrogens with zero attached hydrogens (tertiary/aromatic N) is 6. The van der Waals surface area contributed by atoms with Crippen LogP contribution < -0.4 is 14.4 Å². The van der Waals surface area contributed by atoms with Gasteiger partial charge in [0.2, 0.25) is 5.88 Å². The van der Waals surface area contributed by atoms with Crippen LogP contribution >= 0.6 is 13.5 Å². The number of carbonyl (C=O) groups excluding carboxylic acids is 1. The SMILES string of the molecule is Cc1nn(C)cc1S(=O)(=O)NC(=O)c1ccc(-n2ccc(OCC3C4CCCC3CC4)n2)nc1N1C[C@@H](C)CC1(C)C.S. The zero-order chi connectivity index (χ0) is 29.8. The third-order valence-electron chi connectivity index (χ3n) is 9.41. The molecule has 3 atom stereocenters. The van der Waals surface area contributed by atoms with Gasteiger partial charge in [-0.05, 0) is 75.8 Å². The van der Waals surface area contributed by atoms with Crippen molar-refractivity contribution in [3.8, 4) is 11.7 Å². The number of hydrogen-bond acceptors (Lipinski definition) is 8. The number of pyridine rings is 1. The minimum absolute atomic E-state index is 0. The molecule has 1 saturated heterocycles. The van der Waals surface area contributed by atoms with Crippen LogP contribution in [-0.4, -0.2) is 57.6 Å². The summed E-state index contributed by atoms with van der Waals surface area (Å²) in [6.07, 6.45) is 10.7. The van der Waals surface area contributed by atoms with Crippen LogP contribution in [0.4, 0.5) is 5.82 Å². The predicted molar refractivity (Wildman–Crippen MR) is 169 cm³/mol. The Balaban J connectivity index is 0.00000368. The summed E-state index contributed by atoms with van der Waals surface area (Å²) in [5, 5.41) is 8.76. The highest BCUT2D eigenvalue weighted by Crippen LogP contribution is 2.46. The Morgan fingerprint density at radius 1 is 1.12 bits per heavy atom. The summed E-state index contributed by atoms with van der Waals surface area (Å²) in [5.74, 6) is 3.29. The highest BCUT2D eigenvalue weighted by molar-refractivity contribution is 7.90. The molecule has 13 heteroatoms. The average molecular weight is 630 g/mol. The van der Waals surface area contributed by atoms with Gasteiger partial charge in [-0.15, -0.1) is 5.10 Å². The number of amides is 1. The quantitative estimate of drug-likeness (QED) is 0.390. The molecule has 1 amide bonds. The van der Waals surface area contributed by atoms with Crippen LogP contribution in [0.25, 0.3) is 5.82 Å². The fourth-order valence-electron chi connectivity index (χ4n) is 7.55. The summed E-state index contributed by atoms with van der Waals surface area (Å²) in [6, 6.07) is 5.15. The molecule has 0 radical (unpaired) electrons. The fraction of sp³-hybridized carbons (Fsp3) is 0.600. The van der Waals surface area contributed by atoms with Gasteiger partial charge in [0.1, 0.15) is 10.7 Å². The van der Waals surface area contributed by atoms with E-state index in [0.717, 1.165) is 18.3 Å². The van der Waals surface area contributed by atoms with E-state index in [0.29, 0.717) is 48.2 Å². The van der Waals surface area contributed by atoms with Gasteiger partial charge in [0.05, 0.1) is 17.9 Å². The monoisotopic (exact) mass is 629 g/mol. The largest absolute Gasteiger partial charge is 0.476 e. The average Bonchev–Trinajstić information content (AvgIpc) is 3.65. The minimum Gasteiger partial charge on any atom is -0.476 e. The van der Waals surface area contributed by atoms with Crippen molar-refractivity contribution in [3.05, 3.63) is 41.9 Å². The summed E-state index contributed by atoms with van der Waals surface area (Å²) in [5.41, 5.74) is 0.215. The lowest BCUT2D eigenvalue weighted by molar-refractivity contribution is 0.0981. The molecule has 0 spiro atoms. The molecule has 3 aromatic heterocycles. The van der Waals surface area contributed by atoms with E-state index in [-0.39, 0.29) is 29.5 Å². The third-order valence-corrected chi connectivity index (χ3v) is 10.8. The maximum atomic E-state index is 13.5. The number of carbonyl (C=O) groups is 1. The molecule has 6 rings (SSSR count). The van der Waals surface area contributed by atoms with Crippen LogP contribution in [0, 0.1) is 30.6 Å². The van der Waals surface area contributed by atoms with Gasteiger partial charge in [-0.25, -0.2) is 22.8 Å². The molecule has 11 nitrogen and oxygen atoms in total. The second kappa shape index (κ2) is 11.8. The molecule has 234 valence electrons. The van der Waals surface area contributed by atoms with Crippen LogP contribution in [0.3, 0.4) is 0 Å². The van der Waals surface area contributed by atoms with Crippen molar-refractivity contribution >= 4 is 35.2 Å². The van der Waals surface area contributed by atoms with E-state index >= 15 is 0 Å². The van der Waals surface area contributed by atoms with Crippen LogP contribution in [0.1, 0.15) is 75.3 Å². The van der Waals surface area contributed by atoms with E-state index < -0.39 is 15.9 Å². The number of sulfonamides is 1. The van der Waals surface area contributed by atoms with Crippen molar-refractivity contribution in [2.45, 2.75) is 76.7 Å². The van der Waals surface area contributed by atoms with E-state index in [9.17, 15) is 13.2 Å². The van der Waals surface area contributed by atoms with E-state index in [1.165, 1.54) is 43.0 Å². The zero-order valence-corrected chi connectivity index (χ0v) is 27.4. The van der Waals surface area contributed by atoms with Crippen molar-refractivity contribution in [2.24, 2.45) is 30.7 Å². The second-order valence-corrected chi connectivity index (χ2v) is 14.7.